The molecule has 0 unspecified atom stereocenters. The fraction of sp³-hybridized carbons (Fsp3) is 0.867. The quantitative estimate of drug-likeness (QED) is 0.133. The molecule has 0 aliphatic heterocycles. The molecule has 0 spiro atoms. The van der Waals surface area contributed by atoms with Crippen molar-refractivity contribution in [2.24, 2.45) is 5.73 Å². The van der Waals surface area contributed by atoms with Crippen molar-refractivity contribution in [2.45, 2.75) is 73.4 Å². The summed E-state index contributed by atoms with van der Waals surface area (Å²) in [7, 11) is -7.71. The van der Waals surface area contributed by atoms with Gasteiger partial charge in [0.05, 0.1) is 0 Å². The van der Waals surface area contributed by atoms with Gasteiger partial charge in [0.25, 0.3) is 0 Å². The molecule has 0 fully saturated rings. The standard InChI is InChI=1S/C12H12F14O3S.C3H7N/c1-2-3-4-5-6(13,14)7(15,16)8(17,18)9(19,20)10(21,22)11(23,24)12(25,26)30(27,28)29;1-2-3-4/h2-5H2,1H3,(H,27,28,29);2H,1,3-4H2. The average Bonchev–Trinajstić information content (AvgIpc) is 2.66. The van der Waals surface area contributed by atoms with Crippen molar-refractivity contribution in [1.82, 2.24) is 0 Å². The Hall–Kier alpha value is -1.37. The number of nitrogens with two attached hydrogens (primary N) is 1. The van der Waals surface area contributed by atoms with Crippen molar-refractivity contribution in [1.29, 1.82) is 0 Å². The smallest absolute Gasteiger partial charge is 0.327 e. The molecule has 0 bridgehead atoms. The Morgan fingerprint density at radius 1 is 0.735 bits per heavy atom. The normalized spacial score (nSPS) is 15.0. The van der Waals surface area contributed by atoms with Crippen molar-refractivity contribution in [3.63, 3.8) is 0 Å². The van der Waals surface area contributed by atoms with Gasteiger partial charge in [-0.15, -0.1) is 6.58 Å². The molecule has 19 heteroatoms. The van der Waals surface area contributed by atoms with Gasteiger partial charge in [0.2, 0.25) is 0 Å². The molecule has 0 radical (unpaired) electrons. The van der Waals surface area contributed by atoms with E-state index in [-0.39, 0.29) is 12.8 Å². The van der Waals surface area contributed by atoms with Gasteiger partial charge in [0, 0.05) is 13.0 Å². The van der Waals surface area contributed by atoms with Crippen LogP contribution in [0.5, 0.6) is 0 Å². The highest BCUT2D eigenvalue weighted by molar-refractivity contribution is 7.87. The minimum absolute atomic E-state index is 0.00319. The summed E-state index contributed by atoms with van der Waals surface area (Å²) >= 11 is 0. The van der Waals surface area contributed by atoms with Crippen LogP contribution in [0, 0.1) is 0 Å². The van der Waals surface area contributed by atoms with Gasteiger partial charge in [-0.25, -0.2) is 0 Å². The van der Waals surface area contributed by atoms with Crippen molar-refractivity contribution >= 4 is 10.1 Å². The van der Waals surface area contributed by atoms with Gasteiger partial charge in [-0.05, 0) is 6.42 Å². The van der Waals surface area contributed by atoms with E-state index in [0.717, 1.165) is 0 Å². The Bertz CT molecular complexity index is 783. The van der Waals surface area contributed by atoms with Crippen LogP contribution in [0.1, 0.15) is 32.6 Å². The second-order valence-corrected chi connectivity index (χ2v) is 8.01. The molecule has 34 heavy (non-hydrogen) atoms. The zero-order chi connectivity index (χ0) is 28.2. The van der Waals surface area contributed by atoms with Crippen LogP contribution in [-0.4, -0.2) is 60.3 Å². The highest BCUT2D eigenvalue weighted by Gasteiger charge is 2.94. The summed E-state index contributed by atoms with van der Waals surface area (Å²) in [6, 6.07) is 0. The zero-order valence-corrected chi connectivity index (χ0v) is 17.7. The maximum absolute atomic E-state index is 13.4. The predicted molar refractivity (Wildman–Crippen MR) is 89.6 cm³/mol. The second-order valence-electron chi connectivity index (χ2n) is 6.55. The molecule has 0 aliphatic rings. The van der Waals surface area contributed by atoms with Gasteiger partial charge >= 0.3 is 50.9 Å². The molecule has 0 aromatic carbocycles. The summed E-state index contributed by atoms with van der Waals surface area (Å²) in [4.78, 5) is 0. The average molecular weight is 559 g/mol. The number of alkyl halides is 14. The molecule has 0 saturated carbocycles. The molecule has 3 N–H and O–H groups in total. The van der Waals surface area contributed by atoms with Gasteiger partial charge in [0.15, 0.2) is 0 Å². The third-order valence-electron chi connectivity index (χ3n) is 3.99. The van der Waals surface area contributed by atoms with Crippen LogP contribution in [0.2, 0.25) is 0 Å². The third kappa shape index (κ3) is 5.71. The summed E-state index contributed by atoms with van der Waals surface area (Å²) in [5.41, 5.74) is 4.91. The Kier molecular flexibility index (Phi) is 11.0. The zero-order valence-electron chi connectivity index (χ0n) is 16.9. The number of unbranched alkanes of at least 4 members (excludes halogenated alkanes) is 2. The van der Waals surface area contributed by atoms with E-state index in [1.807, 2.05) is 0 Å². The van der Waals surface area contributed by atoms with E-state index in [0.29, 0.717) is 6.54 Å². The summed E-state index contributed by atoms with van der Waals surface area (Å²) in [5, 5.41) is -7.61. The van der Waals surface area contributed by atoms with Crippen molar-refractivity contribution in [3.05, 3.63) is 12.7 Å². The summed E-state index contributed by atoms with van der Waals surface area (Å²) in [6.45, 7) is 5.23. The topological polar surface area (TPSA) is 80.4 Å². The summed E-state index contributed by atoms with van der Waals surface area (Å²) in [6.07, 6.45) is -2.04. The molecule has 0 heterocycles. The van der Waals surface area contributed by atoms with Gasteiger partial charge in [-0.2, -0.15) is 69.9 Å². The van der Waals surface area contributed by atoms with E-state index in [1.165, 1.54) is 6.92 Å². The molecule has 206 valence electrons. The van der Waals surface area contributed by atoms with E-state index in [4.69, 9.17) is 10.3 Å². The lowest BCUT2D eigenvalue weighted by Gasteiger charge is -2.42. The first-order valence-electron chi connectivity index (χ1n) is 8.65. The molecule has 0 atom stereocenters. The van der Waals surface area contributed by atoms with E-state index in [1.54, 1.807) is 6.08 Å². The molecule has 4 nitrogen and oxygen atoms in total. The van der Waals surface area contributed by atoms with Crippen LogP contribution in [-0.2, 0) is 10.1 Å². The summed E-state index contributed by atoms with van der Waals surface area (Å²) < 4.78 is 214. The van der Waals surface area contributed by atoms with Crippen LogP contribution in [0.4, 0.5) is 61.5 Å². The fourth-order valence-corrected chi connectivity index (χ4v) is 2.37. The van der Waals surface area contributed by atoms with Gasteiger partial charge in [-0.3, -0.25) is 4.55 Å². The monoisotopic (exact) mass is 559 g/mol. The molecular formula is C15H19F14NO3S. The minimum Gasteiger partial charge on any atom is -0.327 e. The van der Waals surface area contributed by atoms with Crippen LogP contribution >= 0.6 is 0 Å². The first-order valence-corrected chi connectivity index (χ1v) is 10.1. The maximum Gasteiger partial charge on any atom is 0.438 e. The lowest BCUT2D eigenvalue weighted by molar-refractivity contribution is -0.436. The van der Waals surface area contributed by atoms with Crippen molar-refractivity contribution in [2.75, 3.05) is 6.54 Å². The first-order chi connectivity index (χ1) is 14.7. The molecule has 0 saturated heterocycles. The Labute approximate surface area is 183 Å². The molecule has 0 amide bonds. The molecule has 0 aromatic rings. The molecular weight excluding hydrogens is 540 g/mol. The largest absolute Gasteiger partial charge is 0.438 e. The number of rotatable bonds is 12. The van der Waals surface area contributed by atoms with Gasteiger partial charge < -0.3 is 5.73 Å². The number of halogens is 14. The molecule has 0 aliphatic carbocycles. The Balaban J connectivity index is 0. The van der Waals surface area contributed by atoms with Gasteiger partial charge in [0.1, 0.15) is 0 Å². The van der Waals surface area contributed by atoms with E-state index in [9.17, 15) is 69.9 Å². The Morgan fingerprint density at radius 2 is 1.06 bits per heavy atom. The fourth-order valence-electron chi connectivity index (χ4n) is 1.92. The summed E-state index contributed by atoms with van der Waals surface area (Å²) in [5.74, 6) is -46.7. The lowest BCUT2D eigenvalue weighted by atomic mass is 9.89. The number of hydrogen-bond acceptors (Lipinski definition) is 3. The van der Waals surface area contributed by atoms with Crippen LogP contribution in [0.3, 0.4) is 0 Å². The van der Waals surface area contributed by atoms with E-state index in [2.05, 4.69) is 6.58 Å². The SMILES string of the molecule is C=CCN.CCCCCC(F)(F)C(F)(F)C(F)(F)C(F)(F)C(F)(F)C(F)(F)C(F)(F)S(=O)(=O)O. The first kappa shape index (κ1) is 34.8. The Morgan fingerprint density at radius 3 is 1.35 bits per heavy atom. The molecule has 0 rings (SSSR count). The van der Waals surface area contributed by atoms with E-state index >= 15 is 0 Å². The van der Waals surface area contributed by atoms with Crippen LogP contribution in [0.25, 0.3) is 0 Å². The number of hydrogen-bond donors (Lipinski definition) is 2. The predicted octanol–water partition coefficient (Wildman–Crippen LogP) is 5.99. The van der Waals surface area contributed by atoms with Crippen molar-refractivity contribution < 1.29 is 74.4 Å². The third-order valence-corrected chi connectivity index (χ3v) is 4.89. The highest BCUT2D eigenvalue weighted by Crippen LogP contribution is 2.63. The van der Waals surface area contributed by atoms with Crippen molar-refractivity contribution in [3.8, 4) is 0 Å². The van der Waals surface area contributed by atoms with Crippen LogP contribution < -0.4 is 5.73 Å². The second kappa shape index (κ2) is 10.7. The van der Waals surface area contributed by atoms with Gasteiger partial charge in [-0.1, -0.05) is 25.8 Å². The minimum atomic E-state index is -8.38. The van der Waals surface area contributed by atoms with E-state index < -0.39 is 63.7 Å². The van der Waals surface area contributed by atoms with Crippen LogP contribution in [0.15, 0.2) is 12.7 Å². The highest BCUT2D eigenvalue weighted by atomic mass is 32.2. The molecule has 0 aromatic heterocycles. The lowest BCUT2D eigenvalue weighted by Crippen LogP contribution is -2.73. The maximum atomic E-state index is 13.4.